The summed E-state index contributed by atoms with van der Waals surface area (Å²) in [7, 11) is 1.28. The van der Waals surface area contributed by atoms with E-state index in [1.807, 2.05) is 0 Å². The first-order chi connectivity index (χ1) is 17.4. The molecule has 0 saturated carbocycles. The third-order valence-electron chi connectivity index (χ3n) is 6.49. The summed E-state index contributed by atoms with van der Waals surface area (Å²) in [6, 6.07) is 4.23. The minimum atomic E-state index is -3.52. The molecule has 3 unspecified atom stereocenters. The second-order valence-electron chi connectivity index (χ2n) is 9.61. The molecular weight excluding hydrogens is 495 g/mol. The number of hydrogen-bond acceptors (Lipinski definition) is 7. The predicted octanol–water partition coefficient (Wildman–Crippen LogP) is 7.95. The molecule has 1 fully saturated rings. The molecule has 0 aromatic carbocycles. The third kappa shape index (κ3) is 14.2. The summed E-state index contributed by atoms with van der Waals surface area (Å²) in [5.74, 6) is -2.32. The van der Waals surface area contributed by atoms with E-state index in [0.29, 0.717) is 12.8 Å². The molecule has 1 aliphatic rings. The minimum absolute atomic E-state index is 0.0352. The summed E-state index contributed by atoms with van der Waals surface area (Å²) in [4.78, 5) is 10.2. The summed E-state index contributed by atoms with van der Waals surface area (Å²) in [5.41, 5.74) is 0. The molecule has 0 aromatic heterocycles. The Morgan fingerprint density at radius 3 is 2.03 bits per heavy atom. The van der Waals surface area contributed by atoms with E-state index in [1.54, 1.807) is 0 Å². The third-order valence-corrected chi connectivity index (χ3v) is 8.19. The van der Waals surface area contributed by atoms with Crippen LogP contribution in [0.5, 0.6) is 0 Å². The van der Waals surface area contributed by atoms with Crippen LogP contribution in [0.3, 0.4) is 0 Å². The lowest BCUT2D eigenvalue weighted by Crippen LogP contribution is -2.39. The van der Waals surface area contributed by atoms with Crippen LogP contribution in [0.4, 0.5) is 0 Å². The van der Waals surface area contributed by atoms with Crippen molar-refractivity contribution in [2.45, 2.75) is 134 Å². The number of unbranched alkanes of at least 4 members (excludes halogenated alkanes) is 11. The monoisotopic (exact) mass is 542 g/mol. The van der Waals surface area contributed by atoms with Gasteiger partial charge in [-0.15, -0.1) is 0 Å². The SMILES string of the molecule is CCCCCCCCC=CCCCCCCCC1(CCC#N)OCC(CCC#N)(OP(O)(=S)OC)O1. The van der Waals surface area contributed by atoms with Crippen LogP contribution in [-0.4, -0.2) is 30.2 Å². The van der Waals surface area contributed by atoms with Crippen molar-refractivity contribution in [2.24, 2.45) is 0 Å². The standard InChI is InChI=1S/C27H47N2O5PS/c1-3-4-5-6-7-8-9-10-11-12-13-14-15-16-17-20-26(21-18-23-28)32-25-27(33-26,22-19-24-29)34-35(30,36)31-2/h10-11H,3-9,12-22,25H2,1-2H3,(H,30,36). The van der Waals surface area contributed by atoms with Crippen molar-refractivity contribution in [2.75, 3.05) is 13.7 Å². The van der Waals surface area contributed by atoms with Gasteiger partial charge < -0.3 is 18.9 Å². The Morgan fingerprint density at radius 1 is 0.889 bits per heavy atom. The molecule has 0 amide bonds. The Morgan fingerprint density at radius 2 is 1.44 bits per heavy atom. The Balaban J connectivity index is 2.37. The summed E-state index contributed by atoms with van der Waals surface area (Å²) in [5, 5.41) is 18.2. The molecule has 1 aliphatic heterocycles. The molecule has 0 radical (unpaired) electrons. The number of nitriles is 2. The van der Waals surface area contributed by atoms with E-state index in [9.17, 15) is 4.89 Å². The van der Waals surface area contributed by atoms with Crippen molar-refractivity contribution >= 4 is 18.5 Å². The van der Waals surface area contributed by atoms with Gasteiger partial charge in [0.2, 0.25) is 5.79 Å². The fourth-order valence-corrected chi connectivity index (χ4v) is 5.51. The van der Waals surface area contributed by atoms with Crippen LogP contribution in [0.1, 0.15) is 122 Å². The first kappa shape index (κ1) is 33.2. The highest BCUT2D eigenvalue weighted by atomic mass is 32.5. The van der Waals surface area contributed by atoms with E-state index in [0.717, 1.165) is 25.7 Å². The van der Waals surface area contributed by atoms with Crippen LogP contribution in [-0.2, 0) is 30.3 Å². The Bertz CT molecular complexity index is 753. The van der Waals surface area contributed by atoms with Crippen molar-refractivity contribution in [3.05, 3.63) is 12.2 Å². The molecule has 36 heavy (non-hydrogen) atoms. The van der Waals surface area contributed by atoms with Crippen molar-refractivity contribution in [1.29, 1.82) is 10.5 Å². The predicted molar refractivity (Wildman–Crippen MR) is 146 cm³/mol. The number of allylic oxidation sites excluding steroid dienone is 2. The van der Waals surface area contributed by atoms with Crippen LogP contribution in [0, 0.1) is 22.7 Å². The molecule has 9 heteroatoms. The largest absolute Gasteiger partial charge is 0.344 e. The highest BCUT2D eigenvalue weighted by Gasteiger charge is 2.52. The number of rotatable bonds is 22. The average Bonchev–Trinajstić information content (AvgIpc) is 3.22. The number of nitrogens with zero attached hydrogens (tertiary/aromatic N) is 2. The molecule has 1 N–H and O–H groups in total. The van der Waals surface area contributed by atoms with Gasteiger partial charge >= 0.3 is 6.72 Å². The van der Waals surface area contributed by atoms with Crippen molar-refractivity contribution in [3.8, 4) is 12.1 Å². The van der Waals surface area contributed by atoms with Crippen LogP contribution in [0.25, 0.3) is 0 Å². The highest BCUT2D eigenvalue weighted by molar-refractivity contribution is 8.07. The van der Waals surface area contributed by atoms with E-state index < -0.39 is 18.3 Å². The summed E-state index contributed by atoms with van der Waals surface area (Å²) in [6.45, 7) is -1.24. The molecule has 7 nitrogen and oxygen atoms in total. The molecule has 0 aliphatic carbocycles. The van der Waals surface area contributed by atoms with Gasteiger partial charge in [0.25, 0.3) is 0 Å². The minimum Gasteiger partial charge on any atom is -0.344 e. The zero-order chi connectivity index (χ0) is 26.6. The van der Waals surface area contributed by atoms with E-state index in [-0.39, 0.29) is 25.9 Å². The Kier molecular flexibility index (Phi) is 17.8. The Hall–Kier alpha value is -0.830. The van der Waals surface area contributed by atoms with Gasteiger partial charge in [0.05, 0.1) is 12.1 Å². The van der Waals surface area contributed by atoms with Gasteiger partial charge in [0, 0.05) is 39.2 Å². The molecule has 206 valence electrons. The Labute approximate surface area is 224 Å². The highest BCUT2D eigenvalue weighted by Crippen LogP contribution is 2.52. The quantitative estimate of drug-likeness (QED) is 0.0834. The number of hydrogen-bond donors (Lipinski definition) is 1. The molecule has 0 spiro atoms. The van der Waals surface area contributed by atoms with Crippen molar-refractivity contribution in [1.82, 2.24) is 0 Å². The van der Waals surface area contributed by atoms with E-state index >= 15 is 0 Å². The van der Waals surface area contributed by atoms with Crippen LogP contribution >= 0.6 is 6.72 Å². The summed E-state index contributed by atoms with van der Waals surface area (Å²) < 4.78 is 22.9. The van der Waals surface area contributed by atoms with Gasteiger partial charge in [-0.25, -0.2) is 0 Å². The lowest BCUT2D eigenvalue weighted by atomic mass is 10.0. The zero-order valence-electron chi connectivity index (χ0n) is 22.4. The second kappa shape index (κ2) is 19.3. The van der Waals surface area contributed by atoms with Gasteiger partial charge in [-0.2, -0.15) is 10.5 Å². The van der Waals surface area contributed by atoms with Crippen LogP contribution in [0.2, 0.25) is 0 Å². The van der Waals surface area contributed by atoms with Crippen LogP contribution in [0.15, 0.2) is 12.2 Å². The van der Waals surface area contributed by atoms with E-state index in [2.05, 4.69) is 31.2 Å². The topological polar surface area (TPSA) is 105 Å². The lowest BCUT2D eigenvalue weighted by molar-refractivity contribution is -0.244. The smallest absolute Gasteiger partial charge is 0.326 e. The normalized spacial score (nSPS) is 23.5. The van der Waals surface area contributed by atoms with Gasteiger partial charge in [-0.3, -0.25) is 4.52 Å². The van der Waals surface area contributed by atoms with Gasteiger partial charge in [-0.05, 0) is 43.9 Å². The summed E-state index contributed by atoms with van der Waals surface area (Å²) >= 11 is 5.02. The molecule has 1 saturated heterocycles. The molecule has 1 heterocycles. The van der Waals surface area contributed by atoms with Crippen molar-refractivity contribution in [3.63, 3.8) is 0 Å². The van der Waals surface area contributed by atoms with Crippen LogP contribution < -0.4 is 0 Å². The molecule has 1 rings (SSSR count). The maximum absolute atomic E-state index is 10.2. The lowest BCUT2D eigenvalue weighted by Gasteiger charge is -2.33. The van der Waals surface area contributed by atoms with Gasteiger partial charge in [0.15, 0.2) is 5.79 Å². The summed E-state index contributed by atoms with van der Waals surface area (Å²) in [6.07, 6.45) is 22.2. The van der Waals surface area contributed by atoms with Gasteiger partial charge in [0.1, 0.15) is 6.61 Å². The van der Waals surface area contributed by atoms with Gasteiger partial charge in [-0.1, -0.05) is 70.4 Å². The van der Waals surface area contributed by atoms with E-state index in [1.165, 1.54) is 64.9 Å². The maximum Gasteiger partial charge on any atom is 0.326 e. The second-order valence-corrected chi connectivity index (χ2v) is 12.5. The number of ether oxygens (including phenoxy) is 2. The first-order valence-corrected chi connectivity index (χ1v) is 16.3. The van der Waals surface area contributed by atoms with Crippen molar-refractivity contribution < 1.29 is 23.4 Å². The fraction of sp³-hybridized carbons (Fsp3) is 0.852. The maximum atomic E-state index is 10.2. The molecule has 0 bridgehead atoms. The molecule has 0 aromatic rings. The molecular formula is C27H47N2O5PS. The zero-order valence-corrected chi connectivity index (χ0v) is 24.1. The molecule has 3 atom stereocenters. The van der Waals surface area contributed by atoms with E-state index in [4.69, 9.17) is 40.9 Å². The fourth-order valence-electron chi connectivity index (χ4n) is 4.43. The first-order valence-electron chi connectivity index (χ1n) is 13.7. The average molecular weight is 543 g/mol.